The predicted molar refractivity (Wildman–Crippen MR) is 121 cm³/mol. The molecule has 3 aliphatic rings. The van der Waals surface area contributed by atoms with E-state index in [1.807, 2.05) is 4.57 Å². The van der Waals surface area contributed by atoms with Crippen molar-refractivity contribution in [2.45, 2.75) is 56.2 Å². The van der Waals surface area contributed by atoms with Crippen molar-refractivity contribution < 1.29 is 19.0 Å². The number of thioether (sulfide) groups is 1. The van der Waals surface area contributed by atoms with Gasteiger partial charge in [-0.05, 0) is 50.7 Å². The molecule has 1 aromatic heterocycles. The maximum Gasteiger partial charge on any atom is 0.348 e. The van der Waals surface area contributed by atoms with Crippen LogP contribution in [-0.4, -0.2) is 47.1 Å². The number of benzene rings is 1. The maximum absolute atomic E-state index is 12.8. The highest BCUT2D eigenvalue weighted by atomic mass is 32.2. The summed E-state index contributed by atoms with van der Waals surface area (Å²) in [7, 11) is 0. The summed E-state index contributed by atoms with van der Waals surface area (Å²) in [5.74, 6) is 1.35. The van der Waals surface area contributed by atoms with Crippen molar-refractivity contribution >= 4 is 23.4 Å². The molecule has 1 N–H and O–H groups in total. The largest absolute Gasteiger partial charge is 0.486 e. The zero-order valence-corrected chi connectivity index (χ0v) is 18.7. The van der Waals surface area contributed by atoms with E-state index in [-0.39, 0.29) is 23.5 Å². The lowest BCUT2D eigenvalue weighted by Gasteiger charge is -2.24. The molecule has 1 unspecified atom stereocenters. The van der Waals surface area contributed by atoms with Crippen molar-refractivity contribution in [3.05, 3.63) is 39.9 Å². The fourth-order valence-electron chi connectivity index (χ4n) is 4.50. The van der Waals surface area contributed by atoms with Gasteiger partial charge < -0.3 is 19.5 Å². The van der Waals surface area contributed by atoms with Crippen molar-refractivity contribution in [2.24, 2.45) is 0 Å². The minimum atomic E-state index is -0.240. The van der Waals surface area contributed by atoms with Crippen LogP contribution in [0.5, 0.6) is 11.5 Å². The Kier molecular flexibility index (Phi) is 6.36. The van der Waals surface area contributed by atoms with Crippen molar-refractivity contribution in [2.75, 3.05) is 30.9 Å². The zero-order chi connectivity index (χ0) is 21.9. The van der Waals surface area contributed by atoms with E-state index in [0.29, 0.717) is 42.0 Å². The normalized spacial score (nSPS) is 19.4. The second-order valence-corrected chi connectivity index (χ2v) is 9.24. The van der Waals surface area contributed by atoms with Gasteiger partial charge in [-0.1, -0.05) is 11.8 Å². The molecule has 1 aromatic carbocycles. The summed E-state index contributed by atoms with van der Waals surface area (Å²) in [6, 6.07) is 5.36. The third kappa shape index (κ3) is 4.63. The van der Waals surface area contributed by atoms with Gasteiger partial charge in [0.05, 0.1) is 18.4 Å². The molecule has 2 aliphatic heterocycles. The van der Waals surface area contributed by atoms with Crippen molar-refractivity contribution in [3.63, 3.8) is 0 Å². The second kappa shape index (κ2) is 9.54. The number of anilines is 1. The number of carbonyl (C=O) groups excluding carboxylic acids is 1. The molecule has 32 heavy (non-hydrogen) atoms. The lowest BCUT2D eigenvalue weighted by molar-refractivity contribution is -0.113. The molecule has 0 saturated carbocycles. The molecule has 1 fully saturated rings. The van der Waals surface area contributed by atoms with E-state index in [0.717, 1.165) is 56.4 Å². The van der Waals surface area contributed by atoms with Crippen LogP contribution in [0, 0.1) is 0 Å². The van der Waals surface area contributed by atoms with E-state index >= 15 is 0 Å². The minimum Gasteiger partial charge on any atom is -0.486 e. The van der Waals surface area contributed by atoms with Gasteiger partial charge in [-0.3, -0.25) is 9.36 Å². The number of nitrogens with zero attached hydrogens (tertiary/aromatic N) is 2. The highest BCUT2D eigenvalue weighted by molar-refractivity contribution is 8.00. The molecule has 1 saturated heterocycles. The van der Waals surface area contributed by atoms with Gasteiger partial charge in [0.25, 0.3) is 0 Å². The van der Waals surface area contributed by atoms with E-state index in [4.69, 9.17) is 14.2 Å². The molecule has 9 heteroatoms. The monoisotopic (exact) mass is 457 g/mol. The van der Waals surface area contributed by atoms with Gasteiger partial charge in [0.15, 0.2) is 11.5 Å². The first-order valence-corrected chi connectivity index (χ1v) is 12.2. The van der Waals surface area contributed by atoms with Gasteiger partial charge in [0, 0.05) is 29.6 Å². The summed E-state index contributed by atoms with van der Waals surface area (Å²) in [6.07, 6.45) is 6.02. The summed E-state index contributed by atoms with van der Waals surface area (Å²) < 4.78 is 18.6. The average Bonchev–Trinajstić information content (AvgIpc) is 3.33. The standard InChI is InChI=1S/C23H27N3O5S/c27-21(24-15-7-8-19-20(12-15)31-11-10-30-19)14-32-22-17-5-1-2-6-18(17)26(23(28)25-22)13-16-4-3-9-29-16/h7-8,12,16H,1-6,9-11,13-14H2,(H,24,27). The Hall–Kier alpha value is -2.52. The summed E-state index contributed by atoms with van der Waals surface area (Å²) in [5, 5.41) is 3.58. The first kappa shape index (κ1) is 21.3. The topological polar surface area (TPSA) is 91.7 Å². The Bertz CT molecular complexity index is 1060. The van der Waals surface area contributed by atoms with Crippen LogP contribution in [0.15, 0.2) is 28.0 Å². The van der Waals surface area contributed by atoms with Crippen LogP contribution in [0.1, 0.15) is 36.9 Å². The Morgan fingerprint density at radius 2 is 1.97 bits per heavy atom. The molecule has 3 heterocycles. The Morgan fingerprint density at radius 1 is 1.12 bits per heavy atom. The maximum atomic E-state index is 12.8. The number of fused-ring (bicyclic) bond motifs is 2. The van der Waals surface area contributed by atoms with Crippen LogP contribution in [0.25, 0.3) is 0 Å². The fraction of sp³-hybridized carbons (Fsp3) is 0.522. The third-order valence-corrected chi connectivity index (χ3v) is 7.04. The quantitative estimate of drug-likeness (QED) is 0.527. The number of rotatable bonds is 6. The van der Waals surface area contributed by atoms with Crippen molar-refractivity contribution in [3.8, 4) is 11.5 Å². The third-order valence-electron chi connectivity index (χ3n) is 6.03. The lowest BCUT2D eigenvalue weighted by atomic mass is 9.97. The van der Waals surface area contributed by atoms with E-state index in [1.165, 1.54) is 11.8 Å². The van der Waals surface area contributed by atoms with Crippen LogP contribution < -0.4 is 20.5 Å². The van der Waals surface area contributed by atoms with Crippen LogP contribution in [0.3, 0.4) is 0 Å². The molecular formula is C23H27N3O5S. The molecule has 2 aromatic rings. The molecule has 5 rings (SSSR count). The smallest absolute Gasteiger partial charge is 0.348 e. The van der Waals surface area contributed by atoms with Crippen molar-refractivity contribution in [1.29, 1.82) is 0 Å². The van der Waals surface area contributed by atoms with E-state index in [9.17, 15) is 9.59 Å². The molecule has 0 bridgehead atoms. The van der Waals surface area contributed by atoms with Gasteiger partial charge >= 0.3 is 5.69 Å². The lowest BCUT2D eigenvalue weighted by Crippen LogP contribution is -2.34. The van der Waals surface area contributed by atoms with Gasteiger partial charge in [-0.25, -0.2) is 4.79 Å². The first-order chi connectivity index (χ1) is 15.7. The van der Waals surface area contributed by atoms with Crippen LogP contribution in [-0.2, 0) is 28.9 Å². The molecule has 1 aliphatic carbocycles. The Labute approximate surface area is 190 Å². The number of hydrogen-bond donors (Lipinski definition) is 1. The molecule has 0 spiro atoms. The fourth-order valence-corrected chi connectivity index (χ4v) is 5.38. The summed E-state index contributed by atoms with van der Waals surface area (Å²) in [6.45, 7) is 2.36. The highest BCUT2D eigenvalue weighted by Gasteiger charge is 2.24. The molecule has 1 atom stereocenters. The Balaban J connectivity index is 1.28. The van der Waals surface area contributed by atoms with E-state index < -0.39 is 0 Å². The van der Waals surface area contributed by atoms with Crippen LogP contribution in [0.4, 0.5) is 5.69 Å². The minimum absolute atomic E-state index is 0.0933. The van der Waals surface area contributed by atoms with Crippen molar-refractivity contribution in [1.82, 2.24) is 9.55 Å². The molecule has 170 valence electrons. The van der Waals surface area contributed by atoms with Crippen LogP contribution in [0.2, 0.25) is 0 Å². The number of carbonyl (C=O) groups is 1. The molecular weight excluding hydrogens is 430 g/mol. The van der Waals surface area contributed by atoms with Gasteiger partial charge in [-0.2, -0.15) is 4.98 Å². The number of ether oxygens (including phenoxy) is 3. The highest BCUT2D eigenvalue weighted by Crippen LogP contribution is 2.33. The van der Waals surface area contributed by atoms with Gasteiger partial charge in [0.1, 0.15) is 18.2 Å². The SMILES string of the molecule is O=C(CSc1nc(=O)n(CC2CCCO2)c2c1CCCC2)Nc1ccc2c(c1)OCCO2. The molecule has 1 amide bonds. The average molecular weight is 458 g/mol. The van der Waals surface area contributed by atoms with Crippen LogP contribution >= 0.6 is 11.8 Å². The second-order valence-electron chi connectivity index (χ2n) is 8.27. The Morgan fingerprint density at radius 3 is 2.81 bits per heavy atom. The molecule has 0 radical (unpaired) electrons. The number of nitrogens with one attached hydrogen (secondary N) is 1. The number of amides is 1. The first-order valence-electron chi connectivity index (χ1n) is 11.2. The van der Waals surface area contributed by atoms with Gasteiger partial charge in [0.2, 0.25) is 5.91 Å². The number of hydrogen-bond acceptors (Lipinski definition) is 7. The van der Waals surface area contributed by atoms with Gasteiger partial charge in [-0.15, -0.1) is 0 Å². The molecule has 8 nitrogen and oxygen atoms in total. The predicted octanol–water partition coefficient (Wildman–Crippen LogP) is 2.80. The zero-order valence-electron chi connectivity index (χ0n) is 17.9. The van der Waals surface area contributed by atoms with E-state index in [2.05, 4.69) is 10.3 Å². The van der Waals surface area contributed by atoms with E-state index in [1.54, 1.807) is 18.2 Å². The summed E-state index contributed by atoms with van der Waals surface area (Å²) in [4.78, 5) is 29.8. The summed E-state index contributed by atoms with van der Waals surface area (Å²) >= 11 is 1.33. The number of aromatic nitrogens is 2. The summed E-state index contributed by atoms with van der Waals surface area (Å²) in [5.41, 5.74) is 2.60.